The summed E-state index contributed by atoms with van der Waals surface area (Å²) in [4.78, 5) is 12.0. The molecule has 1 fully saturated rings. The second-order valence-corrected chi connectivity index (χ2v) is 7.19. The van der Waals surface area contributed by atoms with E-state index >= 15 is 0 Å². The number of nitrogens with two attached hydrogens (primary N) is 1. The van der Waals surface area contributed by atoms with E-state index in [1.807, 2.05) is 31.2 Å². The van der Waals surface area contributed by atoms with Crippen molar-refractivity contribution < 1.29 is 14.3 Å². The van der Waals surface area contributed by atoms with Gasteiger partial charge in [-0.1, -0.05) is 24.8 Å². The normalized spacial score (nSPS) is 21.2. The van der Waals surface area contributed by atoms with Gasteiger partial charge in [-0.25, -0.2) is 4.79 Å². The summed E-state index contributed by atoms with van der Waals surface area (Å²) in [5.74, 6) is 0.625. The number of esters is 1. The van der Waals surface area contributed by atoms with E-state index in [1.54, 1.807) is 0 Å². The van der Waals surface area contributed by atoms with Crippen molar-refractivity contribution in [2.24, 2.45) is 5.92 Å². The van der Waals surface area contributed by atoms with Gasteiger partial charge in [0.1, 0.15) is 18.5 Å². The summed E-state index contributed by atoms with van der Waals surface area (Å²) >= 11 is 0. The van der Waals surface area contributed by atoms with Gasteiger partial charge in [0.05, 0.1) is 0 Å². The summed E-state index contributed by atoms with van der Waals surface area (Å²) in [6.45, 7) is 8.47. The predicted molar refractivity (Wildman–Crippen MR) is 101 cm³/mol. The van der Waals surface area contributed by atoms with Gasteiger partial charge in [-0.3, -0.25) is 0 Å². The third kappa shape index (κ3) is 2.57. The molecule has 2 aromatic rings. The molecule has 0 amide bonds. The first-order chi connectivity index (χ1) is 12.5. The average Bonchev–Trinajstić information content (AvgIpc) is 2.92. The van der Waals surface area contributed by atoms with E-state index in [9.17, 15) is 4.79 Å². The number of hydrogen-bond donors (Lipinski definition) is 1. The maximum absolute atomic E-state index is 12.0. The number of carbonyl (C=O) groups excluding carboxylic acids is 1. The molecule has 4 rings (SSSR count). The fraction of sp³-hybridized carbons (Fsp3) is 0.318. The second-order valence-electron chi connectivity index (χ2n) is 7.19. The molecule has 2 N–H and O–H groups in total. The fourth-order valence-electron chi connectivity index (χ4n) is 4.14. The van der Waals surface area contributed by atoms with Crippen molar-refractivity contribution >= 4 is 11.7 Å². The largest absolute Gasteiger partial charge is 0.489 e. The molecule has 0 saturated carbocycles. The van der Waals surface area contributed by atoms with E-state index in [4.69, 9.17) is 15.2 Å². The number of aryl methyl sites for hydroxylation is 1. The highest BCUT2D eigenvalue weighted by Crippen LogP contribution is 2.49. The summed E-state index contributed by atoms with van der Waals surface area (Å²) in [6.07, 6.45) is 1.61. The number of fused-ring (bicyclic) bond motifs is 3. The van der Waals surface area contributed by atoms with Crippen LogP contribution in [0.4, 0.5) is 5.69 Å². The lowest BCUT2D eigenvalue weighted by Crippen LogP contribution is -2.20. The van der Waals surface area contributed by atoms with Crippen LogP contribution in [-0.2, 0) is 22.6 Å². The first-order valence-electron chi connectivity index (χ1n) is 8.96. The Hall–Kier alpha value is -2.75. The molecule has 0 spiro atoms. The molecule has 0 radical (unpaired) electrons. The average molecular weight is 349 g/mol. The number of nitrogen functional groups attached to an aromatic ring is 1. The molecule has 0 bridgehead atoms. The van der Waals surface area contributed by atoms with E-state index in [1.165, 1.54) is 11.1 Å². The van der Waals surface area contributed by atoms with Crippen LogP contribution in [0.5, 0.6) is 5.75 Å². The molecule has 4 heteroatoms. The van der Waals surface area contributed by atoms with Crippen molar-refractivity contribution in [2.45, 2.75) is 39.4 Å². The quantitative estimate of drug-likeness (QED) is 0.513. The lowest BCUT2D eigenvalue weighted by molar-refractivity contribution is -0.139. The lowest BCUT2D eigenvalue weighted by Gasteiger charge is -2.30. The molecule has 4 nitrogen and oxygen atoms in total. The second kappa shape index (κ2) is 6.20. The van der Waals surface area contributed by atoms with Gasteiger partial charge in [-0.2, -0.15) is 0 Å². The zero-order valence-electron chi connectivity index (χ0n) is 15.2. The van der Waals surface area contributed by atoms with E-state index in [0.717, 1.165) is 41.0 Å². The Bertz CT molecular complexity index is 916. The van der Waals surface area contributed by atoms with Crippen LogP contribution in [-0.4, -0.2) is 5.97 Å². The Balaban J connectivity index is 1.69. The van der Waals surface area contributed by atoms with Crippen LogP contribution >= 0.6 is 0 Å². The Labute approximate surface area is 153 Å². The standard InChI is InChI=1S/C22H23NO3/c1-12-10-19(25-11-15-6-4-5-7-18(15)23)14(3)20-16(12)8-9-17-13(2)22(24)26-21(17)20/h4-7,10,17,21H,2,8-9,11,23H2,1,3H3/t17-,21?/m0/s1. The molecular formula is C22H23NO3. The van der Waals surface area contributed by atoms with Crippen LogP contribution in [0.3, 0.4) is 0 Å². The summed E-state index contributed by atoms with van der Waals surface area (Å²) in [6, 6.07) is 9.79. The van der Waals surface area contributed by atoms with Gasteiger partial charge in [0.25, 0.3) is 0 Å². The third-order valence-corrected chi connectivity index (χ3v) is 5.66. The smallest absolute Gasteiger partial charge is 0.334 e. The van der Waals surface area contributed by atoms with Crippen LogP contribution < -0.4 is 10.5 Å². The summed E-state index contributed by atoms with van der Waals surface area (Å²) in [5.41, 5.74) is 12.9. The molecule has 134 valence electrons. The van der Waals surface area contributed by atoms with E-state index < -0.39 is 0 Å². The lowest BCUT2D eigenvalue weighted by atomic mass is 9.76. The van der Waals surface area contributed by atoms with Crippen LogP contribution in [0.25, 0.3) is 0 Å². The molecule has 2 aromatic carbocycles. The van der Waals surface area contributed by atoms with Crippen molar-refractivity contribution in [3.63, 3.8) is 0 Å². The van der Waals surface area contributed by atoms with Crippen molar-refractivity contribution in [2.75, 3.05) is 5.73 Å². The molecule has 1 aliphatic carbocycles. The topological polar surface area (TPSA) is 61.5 Å². The predicted octanol–water partition coefficient (Wildman–Crippen LogP) is 4.18. The molecule has 0 aromatic heterocycles. The maximum Gasteiger partial charge on any atom is 0.334 e. The maximum atomic E-state index is 12.0. The van der Waals surface area contributed by atoms with Gasteiger partial charge < -0.3 is 15.2 Å². The van der Waals surface area contributed by atoms with Crippen LogP contribution in [0.1, 0.15) is 40.3 Å². The van der Waals surface area contributed by atoms with E-state index in [2.05, 4.69) is 19.6 Å². The monoisotopic (exact) mass is 349 g/mol. The molecule has 2 aliphatic rings. The first kappa shape index (κ1) is 16.7. The number of anilines is 1. The molecule has 26 heavy (non-hydrogen) atoms. The molecule has 1 saturated heterocycles. The molecule has 1 heterocycles. The zero-order valence-corrected chi connectivity index (χ0v) is 15.2. The number of carbonyl (C=O) groups is 1. The zero-order chi connectivity index (χ0) is 18.4. The minimum absolute atomic E-state index is 0.0770. The number of para-hydroxylation sites is 1. The summed E-state index contributed by atoms with van der Waals surface area (Å²) in [5, 5.41) is 0. The van der Waals surface area contributed by atoms with Gasteiger partial charge in [0.2, 0.25) is 0 Å². The van der Waals surface area contributed by atoms with Crippen molar-refractivity contribution in [1.29, 1.82) is 0 Å². The molecule has 1 aliphatic heterocycles. The number of hydrogen-bond acceptors (Lipinski definition) is 4. The highest BCUT2D eigenvalue weighted by Gasteiger charge is 2.44. The minimum Gasteiger partial charge on any atom is -0.489 e. The van der Waals surface area contributed by atoms with Crippen molar-refractivity contribution in [3.05, 3.63) is 70.3 Å². The first-order valence-corrected chi connectivity index (χ1v) is 8.96. The van der Waals surface area contributed by atoms with Gasteiger partial charge in [-0.15, -0.1) is 0 Å². The number of rotatable bonds is 3. The Morgan fingerprint density at radius 2 is 2.08 bits per heavy atom. The molecule has 1 unspecified atom stereocenters. The van der Waals surface area contributed by atoms with Gasteiger partial charge in [0, 0.05) is 28.3 Å². The van der Waals surface area contributed by atoms with E-state index in [-0.39, 0.29) is 18.0 Å². The van der Waals surface area contributed by atoms with Crippen LogP contribution in [0.2, 0.25) is 0 Å². The highest BCUT2D eigenvalue weighted by atomic mass is 16.6. The summed E-state index contributed by atoms with van der Waals surface area (Å²) < 4.78 is 11.8. The van der Waals surface area contributed by atoms with Crippen LogP contribution in [0, 0.1) is 19.8 Å². The highest BCUT2D eigenvalue weighted by molar-refractivity contribution is 5.91. The van der Waals surface area contributed by atoms with E-state index in [0.29, 0.717) is 12.2 Å². The minimum atomic E-state index is -0.270. The van der Waals surface area contributed by atoms with Gasteiger partial charge >= 0.3 is 5.97 Å². The Morgan fingerprint density at radius 3 is 2.85 bits per heavy atom. The fourth-order valence-corrected chi connectivity index (χ4v) is 4.14. The van der Waals surface area contributed by atoms with Gasteiger partial charge in [0.15, 0.2) is 0 Å². The molecular weight excluding hydrogens is 326 g/mol. The Morgan fingerprint density at radius 1 is 1.31 bits per heavy atom. The van der Waals surface area contributed by atoms with Crippen molar-refractivity contribution in [3.8, 4) is 5.75 Å². The third-order valence-electron chi connectivity index (χ3n) is 5.66. The molecule has 2 atom stereocenters. The van der Waals surface area contributed by atoms with Crippen molar-refractivity contribution in [1.82, 2.24) is 0 Å². The Kier molecular flexibility index (Phi) is 3.98. The van der Waals surface area contributed by atoms with Gasteiger partial charge in [-0.05, 0) is 55.5 Å². The number of benzene rings is 2. The number of ether oxygens (including phenoxy) is 2. The SMILES string of the molecule is C=C1C(=O)OC2c3c(C)c(OCc4ccccc4N)cc(C)c3CC[C@@H]12. The summed E-state index contributed by atoms with van der Waals surface area (Å²) in [7, 11) is 0. The van der Waals surface area contributed by atoms with Crippen LogP contribution in [0.15, 0.2) is 42.5 Å².